The van der Waals surface area contributed by atoms with Crippen LogP contribution in [-0.4, -0.2) is 0 Å². The summed E-state index contributed by atoms with van der Waals surface area (Å²) in [5.74, 6) is 0. The first kappa shape index (κ1) is 40.2. The fraction of sp³-hybridized carbons (Fsp3) is 0.750. The predicted molar refractivity (Wildman–Crippen MR) is 183 cm³/mol. The summed E-state index contributed by atoms with van der Waals surface area (Å²) in [5, 5.41) is 0. The summed E-state index contributed by atoms with van der Waals surface area (Å²) >= 11 is 0. The van der Waals surface area contributed by atoms with Crippen molar-refractivity contribution in [1.82, 2.24) is 0 Å². The van der Waals surface area contributed by atoms with Crippen LogP contribution in [0.25, 0.3) is 0 Å². The zero-order valence-corrected chi connectivity index (χ0v) is 29.5. The average Bonchev–Trinajstić information content (AvgIpc) is 3.60. The van der Waals surface area contributed by atoms with E-state index in [0.717, 1.165) is 0 Å². The molecule has 0 N–H and O–H groups in total. The van der Waals surface area contributed by atoms with Crippen molar-refractivity contribution in [3.05, 3.63) is 58.1 Å². The largest absolute Gasteiger partial charge is 2.00 e. The molecule has 0 saturated heterocycles. The van der Waals surface area contributed by atoms with Crippen LogP contribution in [0.4, 0.5) is 0 Å². The molecule has 0 saturated carbocycles. The summed E-state index contributed by atoms with van der Waals surface area (Å²) in [6, 6.07) is 11.3. The van der Waals surface area contributed by atoms with Gasteiger partial charge in [0, 0.05) is 0 Å². The summed E-state index contributed by atoms with van der Waals surface area (Å²) in [6.07, 6.45) is 34.3. The Bertz CT molecular complexity index is 723. The van der Waals surface area contributed by atoms with E-state index in [9.17, 15) is 0 Å². The molecule has 0 aliphatic rings. The van der Waals surface area contributed by atoms with Crippen molar-refractivity contribution >= 4 is 0 Å². The monoisotopic (exact) mass is 606 g/mol. The van der Waals surface area contributed by atoms with E-state index < -0.39 is 0 Å². The van der Waals surface area contributed by atoms with Crippen LogP contribution in [0.2, 0.25) is 0 Å². The Hall–Kier alpha value is -0.781. The molecule has 0 fully saturated rings. The summed E-state index contributed by atoms with van der Waals surface area (Å²) in [7, 11) is 0. The Kier molecular flexibility index (Phi) is 28.7. The minimum atomic E-state index is 0. The molecule has 1 heteroatoms. The first-order chi connectivity index (χ1) is 19.7. The maximum absolute atomic E-state index is 2.67. The summed E-state index contributed by atoms with van der Waals surface area (Å²) in [6.45, 7) is 11.6. The van der Waals surface area contributed by atoms with Crippen molar-refractivity contribution in [2.24, 2.45) is 0 Å². The van der Waals surface area contributed by atoms with E-state index in [1.54, 1.807) is 22.3 Å². The van der Waals surface area contributed by atoms with Gasteiger partial charge < -0.3 is 0 Å². The zero-order chi connectivity index (χ0) is 29.1. The predicted octanol–water partition coefficient (Wildman–Crippen LogP) is 13.4. The summed E-state index contributed by atoms with van der Waals surface area (Å²) in [5.41, 5.74) is 8.60. The van der Waals surface area contributed by atoms with Gasteiger partial charge in [-0.25, -0.2) is 18.2 Å². The number of hydrogen-bond acceptors (Lipinski definition) is 0. The van der Waals surface area contributed by atoms with Crippen molar-refractivity contribution in [3.63, 3.8) is 0 Å². The molecule has 0 aromatic heterocycles. The van der Waals surface area contributed by atoms with Gasteiger partial charge in [-0.05, 0) is 0 Å². The van der Waals surface area contributed by atoms with Gasteiger partial charge in [-0.3, -0.25) is 0 Å². The van der Waals surface area contributed by atoms with Crippen molar-refractivity contribution in [2.45, 2.75) is 195 Å². The number of aryl methyl sites for hydroxylation is 3. The Morgan fingerprint density at radius 1 is 0.537 bits per heavy atom. The Morgan fingerprint density at radius 3 is 1.54 bits per heavy atom. The maximum Gasteiger partial charge on any atom is 2.00 e. The van der Waals surface area contributed by atoms with Crippen LogP contribution in [0.1, 0.15) is 191 Å². The third kappa shape index (κ3) is 19.9. The van der Waals surface area contributed by atoms with Crippen LogP contribution >= 0.6 is 0 Å². The summed E-state index contributed by atoms with van der Waals surface area (Å²) in [4.78, 5) is 0. The average molecular weight is 607 g/mol. The van der Waals surface area contributed by atoms with E-state index in [2.05, 4.69) is 65.0 Å². The van der Waals surface area contributed by atoms with Crippen molar-refractivity contribution in [3.8, 4) is 0 Å². The van der Waals surface area contributed by atoms with Gasteiger partial charge in [-0.2, -0.15) is 39.9 Å². The molecule has 2 rings (SSSR count). The molecular weight excluding hydrogens is 536 g/mol. The Labute approximate surface area is 269 Å². The molecule has 0 radical (unpaired) electrons. The van der Waals surface area contributed by atoms with Gasteiger partial charge in [0.15, 0.2) is 0 Å². The third-order valence-electron chi connectivity index (χ3n) is 8.70. The molecule has 0 amide bonds. The van der Waals surface area contributed by atoms with Gasteiger partial charge >= 0.3 is 17.1 Å². The second-order valence-electron chi connectivity index (χ2n) is 12.5. The van der Waals surface area contributed by atoms with Crippen LogP contribution in [0, 0.1) is 0 Å². The van der Waals surface area contributed by atoms with Crippen LogP contribution in [0.3, 0.4) is 0 Å². The van der Waals surface area contributed by atoms with E-state index in [4.69, 9.17) is 0 Å². The van der Waals surface area contributed by atoms with Gasteiger partial charge in [-0.1, -0.05) is 195 Å². The standard InChI is InChI=1S/C29H53.C11H17.Fe/c1-5-9-13-17-21-26-25-27(22-18-14-10-6-2)29(24-20-16-12-8-4)28(26)23-19-15-11-7-3;1-2-3-4-5-8-11-9-6-7-10-11;/h25H,5-24H2,1-4H3;6-7,9-10H,2-5,8H2,1H3;/q2*-1;+2. The molecule has 0 bridgehead atoms. The molecule has 2 aromatic rings. The van der Waals surface area contributed by atoms with Crippen molar-refractivity contribution in [1.29, 1.82) is 0 Å². The summed E-state index contributed by atoms with van der Waals surface area (Å²) < 4.78 is 0. The van der Waals surface area contributed by atoms with Gasteiger partial charge in [0.1, 0.15) is 0 Å². The molecule has 0 aliphatic heterocycles. The molecular formula is C40H70Fe. The molecule has 0 atom stereocenters. The second kappa shape index (κ2) is 29.3. The quantitative estimate of drug-likeness (QED) is 0.0599. The van der Waals surface area contributed by atoms with E-state index in [1.807, 2.05) is 0 Å². The second-order valence-corrected chi connectivity index (χ2v) is 12.5. The fourth-order valence-electron chi connectivity index (χ4n) is 6.12. The topological polar surface area (TPSA) is 0 Å². The Morgan fingerprint density at radius 2 is 1.02 bits per heavy atom. The number of rotatable bonds is 25. The van der Waals surface area contributed by atoms with E-state index in [0.29, 0.717) is 0 Å². The van der Waals surface area contributed by atoms with Gasteiger partial charge in [0.05, 0.1) is 0 Å². The Balaban J connectivity index is 0.00000111. The van der Waals surface area contributed by atoms with Gasteiger partial charge in [0.2, 0.25) is 0 Å². The number of hydrogen-bond donors (Lipinski definition) is 0. The molecule has 0 spiro atoms. The van der Waals surface area contributed by atoms with Gasteiger partial charge in [-0.15, -0.1) is 0 Å². The maximum atomic E-state index is 2.67. The minimum absolute atomic E-state index is 0. The van der Waals surface area contributed by atoms with E-state index in [-0.39, 0.29) is 17.1 Å². The van der Waals surface area contributed by atoms with Crippen molar-refractivity contribution < 1.29 is 17.1 Å². The molecule has 41 heavy (non-hydrogen) atoms. The molecule has 0 aliphatic carbocycles. The van der Waals surface area contributed by atoms with Crippen LogP contribution in [0.5, 0.6) is 0 Å². The third-order valence-corrected chi connectivity index (χ3v) is 8.70. The van der Waals surface area contributed by atoms with Crippen LogP contribution in [-0.2, 0) is 49.2 Å². The molecule has 238 valence electrons. The first-order valence-corrected chi connectivity index (χ1v) is 18.2. The SMILES string of the molecule is CCCCCCc1cc(CCCCCC)[c-](CCCCCC)c1CCCCCC.CCCCCCc1ccc[cH-]1.[Fe+2]. The zero-order valence-electron chi connectivity index (χ0n) is 28.4. The normalized spacial score (nSPS) is 10.9. The molecule has 0 nitrogen and oxygen atoms in total. The van der Waals surface area contributed by atoms with Gasteiger partial charge in [0.25, 0.3) is 0 Å². The smallest absolute Gasteiger partial charge is 0.213 e. The molecule has 2 aromatic carbocycles. The fourth-order valence-corrected chi connectivity index (χ4v) is 6.12. The van der Waals surface area contributed by atoms with E-state index >= 15 is 0 Å². The van der Waals surface area contributed by atoms with E-state index in [1.165, 1.54) is 166 Å². The molecule has 0 unspecified atom stereocenters. The van der Waals surface area contributed by atoms with Crippen LogP contribution in [0.15, 0.2) is 30.3 Å². The minimum Gasteiger partial charge on any atom is -0.213 e. The van der Waals surface area contributed by atoms with Crippen molar-refractivity contribution in [2.75, 3.05) is 0 Å². The first-order valence-electron chi connectivity index (χ1n) is 18.2. The molecule has 0 heterocycles. The number of unbranched alkanes of at least 4 members (excludes halogenated alkanes) is 15. The van der Waals surface area contributed by atoms with Crippen LogP contribution < -0.4 is 0 Å².